The van der Waals surface area contributed by atoms with Gasteiger partial charge in [0.05, 0.1) is 35.5 Å². The maximum Gasteiger partial charge on any atom is 0.140 e. The molecule has 1 fully saturated rings. The molecule has 1 heterocycles. The number of hydrogen-bond acceptors (Lipinski definition) is 6. The van der Waals surface area contributed by atoms with E-state index in [1.807, 2.05) is 19.1 Å². The maximum absolute atomic E-state index is 6.30. The minimum Gasteiger partial charge on any atom is -0.489 e. The summed E-state index contributed by atoms with van der Waals surface area (Å²) in [5, 5.41) is 1.53. The first-order chi connectivity index (χ1) is 11.9. The summed E-state index contributed by atoms with van der Waals surface area (Å²) in [5.74, 6) is 7.48. The third kappa shape index (κ3) is 5.34. The van der Waals surface area contributed by atoms with Crippen LogP contribution in [0, 0.1) is 12.8 Å². The summed E-state index contributed by atoms with van der Waals surface area (Å²) in [5.41, 5.74) is 9.25. The summed E-state index contributed by atoms with van der Waals surface area (Å²) >= 11 is 0. The Balaban J connectivity index is 2.16. The zero-order valence-corrected chi connectivity index (χ0v) is 15.9. The van der Waals surface area contributed by atoms with Gasteiger partial charge in [0.2, 0.25) is 0 Å². The molecule has 0 saturated heterocycles. The number of rotatable bonds is 7. The van der Waals surface area contributed by atoms with E-state index in [9.17, 15) is 0 Å². The lowest BCUT2D eigenvalue weighted by molar-refractivity contribution is 0.128. The van der Waals surface area contributed by atoms with Crippen LogP contribution in [-0.2, 0) is 4.74 Å². The average molecular weight is 348 g/mol. The maximum atomic E-state index is 6.30. The van der Waals surface area contributed by atoms with Gasteiger partial charge in [0, 0.05) is 20.6 Å². The number of aryl methyl sites for hydroxylation is 1. The lowest BCUT2D eigenvalue weighted by Gasteiger charge is -2.28. The molecule has 0 bridgehead atoms. The Labute approximate surface area is 151 Å². The van der Waals surface area contributed by atoms with E-state index in [0.29, 0.717) is 24.4 Å². The van der Waals surface area contributed by atoms with Crippen molar-refractivity contribution in [3.05, 3.63) is 29.2 Å². The fourth-order valence-corrected chi connectivity index (χ4v) is 3.34. The van der Waals surface area contributed by atoms with Crippen LogP contribution in [0.15, 0.2) is 17.8 Å². The molecule has 1 aromatic heterocycles. The topological polar surface area (TPSA) is 86.6 Å². The first-order valence-electron chi connectivity index (χ1n) is 9.03. The van der Waals surface area contributed by atoms with Crippen molar-refractivity contribution in [2.75, 3.05) is 20.8 Å². The zero-order chi connectivity index (χ0) is 18.4. The second kappa shape index (κ2) is 9.06. The largest absolute Gasteiger partial charge is 0.489 e. The Morgan fingerprint density at radius 1 is 1.36 bits per heavy atom. The Morgan fingerprint density at radius 3 is 2.72 bits per heavy atom. The Morgan fingerprint density at radius 2 is 2.12 bits per heavy atom. The third-order valence-electron chi connectivity index (χ3n) is 4.77. The highest BCUT2D eigenvalue weighted by molar-refractivity contribution is 5.63. The van der Waals surface area contributed by atoms with Crippen LogP contribution in [0.5, 0.6) is 5.75 Å². The van der Waals surface area contributed by atoms with Crippen molar-refractivity contribution in [2.24, 2.45) is 17.5 Å². The van der Waals surface area contributed by atoms with E-state index in [1.54, 1.807) is 14.2 Å². The molecular formula is C19H32N4O2. The molecule has 0 spiro atoms. The van der Waals surface area contributed by atoms with Gasteiger partial charge in [0.1, 0.15) is 5.75 Å². The van der Waals surface area contributed by atoms with E-state index < -0.39 is 0 Å². The number of hydrogen-bond donors (Lipinski definition) is 2. The van der Waals surface area contributed by atoms with Gasteiger partial charge in [-0.3, -0.25) is 0 Å². The van der Waals surface area contributed by atoms with E-state index in [-0.39, 0.29) is 6.10 Å². The number of ether oxygens (including phenoxy) is 2. The number of aromatic nitrogens is 1. The molecule has 6 nitrogen and oxygen atoms in total. The van der Waals surface area contributed by atoms with Crippen molar-refractivity contribution in [1.82, 2.24) is 9.99 Å². The van der Waals surface area contributed by atoms with Crippen molar-refractivity contribution in [3.63, 3.8) is 0 Å². The molecule has 1 aliphatic carbocycles. The van der Waals surface area contributed by atoms with Crippen LogP contribution < -0.4 is 16.3 Å². The quantitative estimate of drug-likeness (QED) is 0.582. The number of hydrazine groups is 1. The Hall–Kier alpha value is -1.79. The molecule has 1 saturated carbocycles. The fraction of sp³-hybridized carbons (Fsp3) is 0.632. The predicted molar refractivity (Wildman–Crippen MR) is 101 cm³/mol. The van der Waals surface area contributed by atoms with Crippen molar-refractivity contribution < 1.29 is 9.47 Å². The van der Waals surface area contributed by atoms with Gasteiger partial charge in [0.15, 0.2) is 0 Å². The lowest BCUT2D eigenvalue weighted by Crippen LogP contribution is -2.28. The van der Waals surface area contributed by atoms with E-state index in [4.69, 9.17) is 21.1 Å². The monoisotopic (exact) mass is 348 g/mol. The average Bonchev–Trinajstić information content (AvgIpc) is 2.56. The van der Waals surface area contributed by atoms with Crippen molar-refractivity contribution in [2.45, 2.75) is 52.1 Å². The van der Waals surface area contributed by atoms with Crippen LogP contribution in [0.25, 0.3) is 5.70 Å². The molecule has 0 aromatic carbocycles. The smallest absolute Gasteiger partial charge is 0.140 e. The van der Waals surface area contributed by atoms with Crippen LogP contribution in [0.4, 0.5) is 0 Å². The van der Waals surface area contributed by atoms with Gasteiger partial charge in [-0.1, -0.05) is 13.3 Å². The van der Waals surface area contributed by atoms with Crippen LogP contribution in [-0.4, -0.2) is 36.9 Å². The molecule has 25 heavy (non-hydrogen) atoms. The fourth-order valence-electron chi connectivity index (χ4n) is 3.34. The van der Waals surface area contributed by atoms with Crippen molar-refractivity contribution in [3.8, 4) is 5.75 Å². The minimum atomic E-state index is 0.287. The minimum absolute atomic E-state index is 0.287. The van der Waals surface area contributed by atoms with Gasteiger partial charge in [-0.05, 0) is 44.2 Å². The molecule has 4 N–H and O–H groups in total. The van der Waals surface area contributed by atoms with Crippen LogP contribution >= 0.6 is 0 Å². The van der Waals surface area contributed by atoms with E-state index in [1.165, 1.54) is 17.9 Å². The number of pyridine rings is 1. The SMILES string of the molecule is COCC/C(=C(/N)c1ccc(OC2CCCC(C)C2)c(C)n1)N(C)N. The van der Waals surface area contributed by atoms with Crippen molar-refractivity contribution >= 4 is 5.70 Å². The van der Waals surface area contributed by atoms with E-state index in [0.717, 1.165) is 35.9 Å². The van der Waals surface area contributed by atoms with Gasteiger partial charge in [-0.15, -0.1) is 0 Å². The Bertz CT molecular complexity index is 601. The van der Waals surface area contributed by atoms with Gasteiger partial charge >= 0.3 is 0 Å². The summed E-state index contributed by atoms with van der Waals surface area (Å²) in [6.45, 7) is 4.80. The van der Waals surface area contributed by atoms with E-state index in [2.05, 4.69) is 11.9 Å². The molecule has 1 aliphatic rings. The Kier molecular flexibility index (Phi) is 7.08. The normalized spacial score (nSPS) is 21.6. The van der Waals surface area contributed by atoms with Crippen LogP contribution in [0.1, 0.15) is 50.4 Å². The molecule has 140 valence electrons. The number of nitrogens with zero attached hydrogens (tertiary/aromatic N) is 2. The first kappa shape index (κ1) is 19.5. The molecule has 6 heteroatoms. The number of methoxy groups -OCH3 is 1. The molecule has 2 atom stereocenters. The molecule has 0 radical (unpaired) electrons. The van der Waals surface area contributed by atoms with Gasteiger partial charge in [-0.2, -0.15) is 0 Å². The molecule has 2 rings (SSSR count). The van der Waals surface area contributed by atoms with Gasteiger partial charge < -0.3 is 20.2 Å². The first-order valence-corrected chi connectivity index (χ1v) is 9.03. The molecule has 0 aliphatic heterocycles. The summed E-state index contributed by atoms with van der Waals surface area (Å²) in [4.78, 5) is 4.64. The van der Waals surface area contributed by atoms with Crippen molar-refractivity contribution in [1.29, 1.82) is 0 Å². The van der Waals surface area contributed by atoms with E-state index >= 15 is 0 Å². The highest BCUT2D eigenvalue weighted by Crippen LogP contribution is 2.29. The summed E-state index contributed by atoms with van der Waals surface area (Å²) in [7, 11) is 3.43. The predicted octanol–water partition coefficient (Wildman–Crippen LogP) is 2.82. The molecule has 1 aromatic rings. The highest BCUT2D eigenvalue weighted by atomic mass is 16.5. The van der Waals surface area contributed by atoms with Crippen LogP contribution in [0.2, 0.25) is 0 Å². The standard InChI is InChI=1S/C19H32N4O2/c1-13-6-5-7-15(12-13)25-18-9-8-16(22-14(18)2)19(20)17(23(3)21)10-11-24-4/h8-9,13,15H,5-7,10-12,20-21H2,1-4H3/b19-17-. The second-order valence-electron chi connectivity index (χ2n) is 7.01. The lowest BCUT2D eigenvalue weighted by atomic mass is 9.89. The summed E-state index contributed by atoms with van der Waals surface area (Å²) in [6.07, 6.45) is 5.69. The number of nitrogens with two attached hydrogens (primary N) is 2. The molecule has 2 unspecified atom stereocenters. The highest BCUT2D eigenvalue weighted by Gasteiger charge is 2.21. The molecular weight excluding hydrogens is 316 g/mol. The summed E-state index contributed by atoms with van der Waals surface area (Å²) < 4.78 is 11.3. The summed E-state index contributed by atoms with van der Waals surface area (Å²) in [6, 6.07) is 3.87. The third-order valence-corrected chi connectivity index (χ3v) is 4.77. The zero-order valence-electron chi connectivity index (χ0n) is 15.9. The second-order valence-corrected chi connectivity index (χ2v) is 7.01. The van der Waals surface area contributed by atoms with Gasteiger partial charge in [-0.25, -0.2) is 10.8 Å². The van der Waals surface area contributed by atoms with Crippen LogP contribution in [0.3, 0.4) is 0 Å². The molecule has 0 amide bonds. The van der Waals surface area contributed by atoms with Gasteiger partial charge in [0.25, 0.3) is 0 Å².